The minimum Gasteiger partial charge on any atom is -0.481 e. The van der Waals surface area contributed by atoms with Gasteiger partial charge >= 0.3 is 5.97 Å². The van der Waals surface area contributed by atoms with Crippen molar-refractivity contribution in [2.24, 2.45) is 0 Å². The van der Waals surface area contributed by atoms with Crippen LogP contribution in [0.25, 0.3) is 5.82 Å². The number of pyridine rings is 1. The molecule has 0 aromatic carbocycles. The number of aromatic nitrogens is 3. The van der Waals surface area contributed by atoms with Crippen LogP contribution in [0.3, 0.4) is 0 Å². The third kappa shape index (κ3) is 3.69. The number of carboxylic acids is 1. The second kappa shape index (κ2) is 7.35. The van der Waals surface area contributed by atoms with E-state index in [1.54, 1.807) is 10.9 Å². The molecule has 2 heterocycles. The molecule has 0 aliphatic heterocycles. The highest BCUT2D eigenvalue weighted by Crippen LogP contribution is 2.14. The first-order chi connectivity index (χ1) is 10.6. The maximum absolute atomic E-state index is 12.2. The van der Waals surface area contributed by atoms with Gasteiger partial charge in [-0.2, -0.15) is 5.10 Å². The van der Waals surface area contributed by atoms with E-state index in [4.69, 9.17) is 5.11 Å². The summed E-state index contributed by atoms with van der Waals surface area (Å²) in [4.78, 5) is 26.9. The Bertz CT molecular complexity index is 652. The fourth-order valence-electron chi connectivity index (χ4n) is 2.12. The molecule has 7 heteroatoms. The van der Waals surface area contributed by atoms with Crippen LogP contribution in [0.15, 0.2) is 30.6 Å². The molecule has 0 bridgehead atoms. The molecule has 0 saturated carbocycles. The number of rotatable bonds is 7. The molecule has 2 rings (SSSR count). The highest BCUT2D eigenvalue weighted by molar-refractivity contribution is 5.95. The van der Waals surface area contributed by atoms with Crippen LogP contribution < -0.4 is 5.32 Å². The summed E-state index contributed by atoms with van der Waals surface area (Å²) in [6.07, 6.45) is 4.25. The second-order valence-corrected chi connectivity index (χ2v) is 4.71. The van der Waals surface area contributed by atoms with Crippen molar-refractivity contribution in [1.82, 2.24) is 20.1 Å². The molecule has 22 heavy (non-hydrogen) atoms. The zero-order valence-electron chi connectivity index (χ0n) is 12.3. The van der Waals surface area contributed by atoms with Crippen LogP contribution in [0.1, 0.15) is 35.8 Å². The van der Waals surface area contributed by atoms with Crippen LogP contribution in [-0.4, -0.2) is 38.3 Å². The van der Waals surface area contributed by atoms with Crippen molar-refractivity contribution in [3.05, 3.63) is 41.9 Å². The number of aliphatic carboxylic acids is 1. The fraction of sp³-hybridized carbons (Fsp3) is 0.333. The first-order valence-corrected chi connectivity index (χ1v) is 7.11. The summed E-state index contributed by atoms with van der Waals surface area (Å²) in [6.45, 7) is 2.26. The zero-order valence-corrected chi connectivity index (χ0v) is 12.3. The van der Waals surface area contributed by atoms with E-state index >= 15 is 0 Å². The van der Waals surface area contributed by atoms with Crippen LogP contribution in [0.4, 0.5) is 0 Å². The fourth-order valence-corrected chi connectivity index (χ4v) is 2.12. The minimum absolute atomic E-state index is 0.0358. The highest BCUT2D eigenvalue weighted by Gasteiger charge is 2.17. The standard InChI is InChI=1S/C15H18N4O3/c1-2-12-11(15(22)17-9-5-7-14(20)21)10-18-19(12)13-6-3-4-8-16-13/h3-4,6,8,10H,2,5,7,9H2,1H3,(H,17,22)(H,20,21). The molecular formula is C15H18N4O3. The lowest BCUT2D eigenvalue weighted by atomic mass is 10.2. The van der Waals surface area contributed by atoms with Crippen molar-refractivity contribution >= 4 is 11.9 Å². The van der Waals surface area contributed by atoms with Gasteiger partial charge in [-0.25, -0.2) is 9.67 Å². The van der Waals surface area contributed by atoms with Gasteiger partial charge in [-0.3, -0.25) is 9.59 Å². The van der Waals surface area contributed by atoms with Crippen LogP contribution in [0, 0.1) is 0 Å². The summed E-state index contributed by atoms with van der Waals surface area (Å²) >= 11 is 0. The lowest BCUT2D eigenvalue weighted by Crippen LogP contribution is -2.25. The summed E-state index contributed by atoms with van der Waals surface area (Å²) in [7, 11) is 0. The molecule has 116 valence electrons. The number of hydrogen-bond donors (Lipinski definition) is 2. The highest BCUT2D eigenvalue weighted by atomic mass is 16.4. The quantitative estimate of drug-likeness (QED) is 0.754. The van der Waals surface area contributed by atoms with Crippen LogP contribution in [0.5, 0.6) is 0 Å². The molecule has 1 amide bonds. The number of nitrogens with zero attached hydrogens (tertiary/aromatic N) is 3. The zero-order chi connectivity index (χ0) is 15.9. The van der Waals surface area contributed by atoms with Crippen LogP contribution in [-0.2, 0) is 11.2 Å². The first kappa shape index (κ1) is 15.7. The summed E-state index contributed by atoms with van der Waals surface area (Å²) in [5.74, 6) is -0.458. The third-order valence-electron chi connectivity index (χ3n) is 3.17. The van der Waals surface area contributed by atoms with Gasteiger partial charge in [0.2, 0.25) is 0 Å². The molecule has 0 atom stereocenters. The Balaban J connectivity index is 2.10. The van der Waals surface area contributed by atoms with E-state index in [0.29, 0.717) is 30.8 Å². The molecule has 0 radical (unpaired) electrons. The predicted octanol–water partition coefficient (Wildman–Crippen LogP) is 1.42. The van der Waals surface area contributed by atoms with Gasteiger partial charge in [0, 0.05) is 19.2 Å². The maximum Gasteiger partial charge on any atom is 0.303 e. The maximum atomic E-state index is 12.2. The number of nitrogens with one attached hydrogen (secondary N) is 1. The van der Waals surface area contributed by atoms with Crippen molar-refractivity contribution in [3.63, 3.8) is 0 Å². The van der Waals surface area contributed by atoms with Crippen molar-refractivity contribution in [2.75, 3.05) is 6.54 Å². The molecule has 0 spiro atoms. The van der Waals surface area contributed by atoms with Gasteiger partial charge in [-0.15, -0.1) is 0 Å². The summed E-state index contributed by atoms with van der Waals surface area (Å²) in [6, 6.07) is 5.49. The second-order valence-electron chi connectivity index (χ2n) is 4.71. The monoisotopic (exact) mass is 302 g/mol. The van der Waals surface area contributed by atoms with Crippen molar-refractivity contribution < 1.29 is 14.7 Å². The third-order valence-corrected chi connectivity index (χ3v) is 3.17. The summed E-state index contributed by atoms with van der Waals surface area (Å²) in [5.41, 5.74) is 1.26. The number of carboxylic acid groups (broad SMARTS) is 1. The van der Waals surface area contributed by atoms with Gasteiger partial charge in [0.05, 0.1) is 17.5 Å². The summed E-state index contributed by atoms with van der Waals surface area (Å²) in [5, 5.41) is 15.5. The Morgan fingerprint density at radius 1 is 1.36 bits per heavy atom. The molecular weight excluding hydrogens is 284 g/mol. The smallest absolute Gasteiger partial charge is 0.303 e. The number of carbonyl (C=O) groups is 2. The predicted molar refractivity (Wildman–Crippen MR) is 79.9 cm³/mol. The SMILES string of the molecule is CCc1c(C(=O)NCCCC(=O)O)cnn1-c1ccccn1. The lowest BCUT2D eigenvalue weighted by molar-refractivity contribution is -0.137. The van der Waals surface area contributed by atoms with E-state index in [9.17, 15) is 9.59 Å². The van der Waals surface area contributed by atoms with E-state index in [2.05, 4.69) is 15.4 Å². The first-order valence-electron chi connectivity index (χ1n) is 7.11. The number of hydrogen-bond acceptors (Lipinski definition) is 4. The van der Waals surface area contributed by atoms with Gasteiger partial charge < -0.3 is 10.4 Å². The van der Waals surface area contributed by atoms with E-state index in [1.807, 2.05) is 25.1 Å². The largest absolute Gasteiger partial charge is 0.481 e. The molecule has 7 nitrogen and oxygen atoms in total. The molecule has 0 aliphatic carbocycles. The van der Waals surface area contributed by atoms with E-state index < -0.39 is 5.97 Å². The average Bonchev–Trinajstić information content (AvgIpc) is 2.96. The molecule has 2 aromatic heterocycles. The van der Waals surface area contributed by atoms with E-state index in [1.165, 1.54) is 6.20 Å². The number of carbonyl (C=O) groups excluding carboxylic acids is 1. The Hall–Kier alpha value is -2.70. The van der Waals surface area contributed by atoms with Crippen molar-refractivity contribution in [2.45, 2.75) is 26.2 Å². The number of amides is 1. The van der Waals surface area contributed by atoms with E-state index in [-0.39, 0.29) is 12.3 Å². The Morgan fingerprint density at radius 2 is 2.18 bits per heavy atom. The Labute approximate surface area is 128 Å². The van der Waals surface area contributed by atoms with Gasteiger partial charge in [0.15, 0.2) is 5.82 Å². The van der Waals surface area contributed by atoms with Gasteiger partial charge in [-0.1, -0.05) is 13.0 Å². The molecule has 2 aromatic rings. The van der Waals surface area contributed by atoms with Crippen molar-refractivity contribution in [1.29, 1.82) is 0 Å². The van der Waals surface area contributed by atoms with Crippen LogP contribution >= 0.6 is 0 Å². The Kier molecular flexibility index (Phi) is 5.24. The summed E-state index contributed by atoms with van der Waals surface area (Å²) < 4.78 is 1.65. The molecule has 0 fully saturated rings. The van der Waals surface area contributed by atoms with Crippen LogP contribution in [0.2, 0.25) is 0 Å². The molecule has 0 unspecified atom stereocenters. The minimum atomic E-state index is -0.869. The average molecular weight is 302 g/mol. The molecule has 2 N–H and O–H groups in total. The molecule has 0 aliphatic rings. The normalized spacial score (nSPS) is 10.4. The Morgan fingerprint density at radius 3 is 2.82 bits per heavy atom. The molecule has 0 saturated heterocycles. The van der Waals surface area contributed by atoms with Gasteiger partial charge in [0.1, 0.15) is 0 Å². The van der Waals surface area contributed by atoms with Gasteiger partial charge in [-0.05, 0) is 25.0 Å². The van der Waals surface area contributed by atoms with Crippen molar-refractivity contribution in [3.8, 4) is 5.82 Å². The van der Waals surface area contributed by atoms with Gasteiger partial charge in [0.25, 0.3) is 5.91 Å². The van der Waals surface area contributed by atoms with E-state index in [0.717, 1.165) is 5.69 Å². The lowest BCUT2D eigenvalue weighted by Gasteiger charge is -2.07. The topological polar surface area (TPSA) is 97.1 Å².